The van der Waals surface area contributed by atoms with Gasteiger partial charge in [0.25, 0.3) is 0 Å². The fourth-order valence-corrected chi connectivity index (χ4v) is 11.5. The maximum absolute atomic E-state index is 12.9. The fourth-order valence-electron chi connectivity index (χ4n) is 2.85. The summed E-state index contributed by atoms with van der Waals surface area (Å²) in [4.78, 5) is 0. The van der Waals surface area contributed by atoms with Crippen molar-refractivity contribution in [2.75, 3.05) is 0 Å². The second-order valence-corrected chi connectivity index (χ2v) is 15.1. The molecule has 3 aromatic rings. The Balaban J connectivity index is 0.00000272. The Hall–Kier alpha value is -1.51. The molecule has 0 atom stereocenters. The Kier molecular flexibility index (Phi) is 9.69. The molecular formula is C21H14BiCl2F9. The van der Waals surface area contributed by atoms with Crippen LogP contribution >= 0.6 is 24.8 Å². The summed E-state index contributed by atoms with van der Waals surface area (Å²) >= 11 is -3.46. The van der Waals surface area contributed by atoms with E-state index in [4.69, 9.17) is 0 Å². The van der Waals surface area contributed by atoms with Crippen LogP contribution in [0.1, 0.15) is 16.7 Å². The van der Waals surface area contributed by atoms with Gasteiger partial charge in [0.1, 0.15) is 0 Å². The van der Waals surface area contributed by atoms with Gasteiger partial charge in [-0.25, -0.2) is 0 Å². The molecule has 0 unspecified atom stereocenters. The second-order valence-electron chi connectivity index (χ2n) is 6.47. The third-order valence-corrected chi connectivity index (χ3v) is 13.9. The predicted octanol–water partition coefficient (Wildman–Crippen LogP) is 6.10. The summed E-state index contributed by atoms with van der Waals surface area (Å²) in [5.74, 6) is 0. The Morgan fingerprint density at radius 2 is 0.545 bits per heavy atom. The Morgan fingerprint density at radius 1 is 0.364 bits per heavy atom. The molecule has 180 valence electrons. The number of hydrogen-bond acceptors (Lipinski definition) is 0. The minimum absolute atomic E-state index is 0. The van der Waals surface area contributed by atoms with Gasteiger partial charge >= 0.3 is 179 Å². The van der Waals surface area contributed by atoms with Gasteiger partial charge in [0.15, 0.2) is 0 Å². The zero-order chi connectivity index (χ0) is 23.0. The summed E-state index contributed by atoms with van der Waals surface area (Å²) < 4.78 is 117. The molecule has 0 N–H and O–H groups in total. The van der Waals surface area contributed by atoms with Crippen LogP contribution in [0.3, 0.4) is 0 Å². The van der Waals surface area contributed by atoms with Crippen molar-refractivity contribution in [2.45, 2.75) is 18.5 Å². The van der Waals surface area contributed by atoms with Crippen LogP contribution in [0.5, 0.6) is 0 Å². The number of hydrogen-bond donors (Lipinski definition) is 0. The molecule has 0 aliphatic heterocycles. The van der Waals surface area contributed by atoms with E-state index in [0.29, 0.717) is 9.81 Å². The SMILES string of the molecule is Cl.Cl.FC(F)(F)c1cc[c]([Bi]([c]2ccc(C(F)(F)F)cc2)[c]2ccc(C(F)(F)F)cc2)cc1. The first-order valence-electron chi connectivity index (χ1n) is 8.59. The van der Waals surface area contributed by atoms with E-state index in [1.807, 2.05) is 0 Å². The summed E-state index contributed by atoms with van der Waals surface area (Å²) in [6, 6.07) is 12.7. The van der Waals surface area contributed by atoms with Crippen LogP contribution < -0.4 is 9.81 Å². The van der Waals surface area contributed by atoms with Gasteiger partial charge in [0.05, 0.1) is 0 Å². The van der Waals surface area contributed by atoms with Gasteiger partial charge in [-0.3, -0.25) is 0 Å². The van der Waals surface area contributed by atoms with Crippen LogP contribution in [0.15, 0.2) is 72.8 Å². The fraction of sp³-hybridized carbons (Fsp3) is 0.143. The topological polar surface area (TPSA) is 0 Å². The molecule has 0 aromatic heterocycles. The van der Waals surface area contributed by atoms with Crippen molar-refractivity contribution >= 4 is 56.4 Å². The molecule has 0 nitrogen and oxygen atoms in total. The first-order valence-corrected chi connectivity index (χ1v) is 13.8. The van der Waals surface area contributed by atoms with E-state index in [0.717, 1.165) is 36.4 Å². The zero-order valence-electron chi connectivity index (χ0n) is 16.1. The van der Waals surface area contributed by atoms with E-state index < -0.39 is 57.0 Å². The average molecular weight is 717 g/mol. The number of benzene rings is 3. The monoisotopic (exact) mass is 716 g/mol. The van der Waals surface area contributed by atoms with E-state index in [2.05, 4.69) is 0 Å². The molecule has 3 rings (SSSR count). The maximum atomic E-state index is 12.9. The molecule has 0 fully saturated rings. The first kappa shape index (κ1) is 29.5. The third kappa shape index (κ3) is 7.24. The number of alkyl halides is 9. The molecule has 33 heavy (non-hydrogen) atoms. The Labute approximate surface area is 203 Å². The Morgan fingerprint density at radius 3 is 0.697 bits per heavy atom. The van der Waals surface area contributed by atoms with Crippen molar-refractivity contribution in [3.8, 4) is 0 Å². The van der Waals surface area contributed by atoms with Gasteiger partial charge in [0.2, 0.25) is 0 Å². The van der Waals surface area contributed by atoms with Gasteiger partial charge in [0, 0.05) is 0 Å². The molecule has 0 aliphatic carbocycles. The van der Waals surface area contributed by atoms with Crippen LogP contribution in [-0.2, 0) is 18.5 Å². The number of rotatable bonds is 3. The molecule has 0 heterocycles. The van der Waals surface area contributed by atoms with Crippen LogP contribution in [0.25, 0.3) is 0 Å². The molecule has 0 bridgehead atoms. The molecule has 12 heteroatoms. The van der Waals surface area contributed by atoms with Crippen molar-refractivity contribution in [2.24, 2.45) is 0 Å². The van der Waals surface area contributed by atoms with Crippen molar-refractivity contribution in [1.82, 2.24) is 0 Å². The van der Waals surface area contributed by atoms with Gasteiger partial charge in [-0.2, -0.15) is 0 Å². The van der Waals surface area contributed by atoms with E-state index >= 15 is 0 Å². The Bertz CT molecular complexity index is 888. The molecule has 0 saturated carbocycles. The van der Waals surface area contributed by atoms with Gasteiger partial charge in [-0.05, 0) is 0 Å². The predicted molar refractivity (Wildman–Crippen MR) is 113 cm³/mol. The summed E-state index contributed by atoms with van der Waals surface area (Å²) in [5, 5.41) is 0. The molecule has 0 radical (unpaired) electrons. The summed E-state index contributed by atoms with van der Waals surface area (Å²) in [6.45, 7) is 0. The van der Waals surface area contributed by atoms with E-state index in [-0.39, 0.29) is 24.8 Å². The molecule has 0 amide bonds. The van der Waals surface area contributed by atoms with Crippen LogP contribution in [-0.4, -0.2) is 21.8 Å². The normalized spacial score (nSPS) is 12.2. The van der Waals surface area contributed by atoms with Crippen molar-refractivity contribution in [3.05, 3.63) is 89.5 Å². The van der Waals surface area contributed by atoms with Gasteiger partial charge in [-0.15, -0.1) is 24.8 Å². The summed E-state index contributed by atoms with van der Waals surface area (Å²) in [5.41, 5.74) is -2.67. The van der Waals surface area contributed by atoms with E-state index in [9.17, 15) is 39.5 Å². The van der Waals surface area contributed by atoms with E-state index in [1.54, 1.807) is 0 Å². The molecule has 0 aliphatic rings. The quantitative estimate of drug-likeness (QED) is 0.227. The first-order chi connectivity index (χ1) is 14.3. The van der Waals surface area contributed by atoms with Crippen LogP contribution in [0, 0.1) is 0 Å². The average Bonchev–Trinajstić information content (AvgIpc) is 2.67. The van der Waals surface area contributed by atoms with Crippen molar-refractivity contribution in [1.29, 1.82) is 0 Å². The minimum atomic E-state index is -4.56. The van der Waals surface area contributed by atoms with Crippen LogP contribution in [0.4, 0.5) is 39.5 Å². The summed E-state index contributed by atoms with van der Waals surface area (Å²) in [7, 11) is 0. The summed E-state index contributed by atoms with van der Waals surface area (Å²) in [6.07, 6.45) is -13.7. The standard InChI is InChI=1S/3C7H4F3.Bi.2ClH/c3*8-7(9,10)6-4-2-1-3-5-6;;;/h3*2-5H;;2*1H. The third-order valence-electron chi connectivity index (χ3n) is 4.36. The van der Waals surface area contributed by atoms with Crippen molar-refractivity contribution < 1.29 is 39.5 Å². The second kappa shape index (κ2) is 10.8. The molecule has 0 spiro atoms. The zero-order valence-corrected chi connectivity index (χ0v) is 21.2. The molecular weight excluding hydrogens is 703 g/mol. The molecule has 0 saturated heterocycles. The van der Waals surface area contributed by atoms with Gasteiger partial charge in [-0.1, -0.05) is 0 Å². The number of halogens is 11. The van der Waals surface area contributed by atoms with Crippen molar-refractivity contribution in [3.63, 3.8) is 0 Å². The van der Waals surface area contributed by atoms with Crippen LogP contribution in [0.2, 0.25) is 0 Å². The van der Waals surface area contributed by atoms with E-state index in [1.165, 1.54) is 36.4 Å². The molecule has 3 aromatic carbocycles. The van der Waals surface area contributed by atoms with Gasteiger partial charge < -0.3 is 0 Å².